The maximum atomic E-state index is 14.2. The smallest absolute Gasteiger partial charge is 0.240 e. The lowest BCUT2D eigenvalue weighted by atomic mass is 10.1. The van der Waals surface area contributed by atoms with Crippen molar-refractivity contribution in [2.45, 2.75) is 17.7 Å². The highest BCUT2D eigenvalue weighted by Gasteiger charge is 2.20. The monoisotopic (exact) mass is 406 g/mol. The van der Waals surface area contributed by atoms with E-state index in [0.717, 1.165) is 37.6 Å². The maximum Gasteiger partial charge on any atom is 0.240 e. The van der Waals surface area contributed by atoms with Crippen molar-refractivity contribution >= 4 is 22.4 Å². The van der Waals surface area contributed by atoms with Crippen molar-refractivity contribution in [3.8, 4) is 5.75 Å². The second-order valence-electron chi connectivity index (χ2n) is 6.27. The van der Waals surface area contributed by atoms with E-state index < -0.39 is 15.8 Å². The zero-order valence-electron chi connectivity index (χ0n) is 14.4. The number of hydrogen-bond donors (Lipinski definition) is 2. The first-order valence-corrected chi connectivity index (χ1v) is 9.91. The fraction of sp³-hybridized carbons (Fsp3) is 0.529. The van der Waals surface area contributed by atoms with Crippen molar-refractivity contribution in [2.75, 3.05) is 39.5 Å². The molecule has 2 aliphatic heterocycles. The van der Waals surface area contributed by atoms with Gasteiger partial charge in [-0.1, -0.05) is 11.6 Å². The Morgan fingerprint density at radius 3 is 2.88 bits per heavy atom. The van der Waals surface area contributed by atoms with E-state index in [1.54, 1.807) is 0 Å². The van der Waals surface area contributed by atoms with E-state index in [2.05, 4.69) is 10.0 Å². The molecule has 6 nitrogen and oxygen atoms in total. The summed E-state index contributed by atoms with van der Waals surface area (Å²) in [4.78, 5) is -0.101. The Balaban J connectivity index is 0.00000243. The van der Waals surface area contributed by atoms with Crippen LogP contribution in [0.25, 0.3) is 0 Å². The van der Waals surface area contributed by atoms with Gasteiger partial charge in [-0.3, -0.25) is 0 Å². The molecule has 1 fully saturated rings. The van der Waals surface area contributed by atoms with E-state index in [-0.39, 0.29) is 35.5 Å². The van der Waals surface area contributed by atoms with Crippen LogP contribution in [0.2, 0.25) is 0 Å². The first-order valence-electron chi connectivity index (χ1n) is 8.43. The number of rotatable bonds is 7. The molecule has 0 amide bonds. The third kappa shape index (κ3) is 5.65. The van der Waals surface area contributed by atoms with E-state index in [0.29, 0.717) is 19.8 Å². The van der Waals surface area contributed by atoms with Crippen LogP contribution in [-0.2, 0) is 14.8 Å². The molecule has 1 atom stereocenters. The van der Waals surface area contributed by atoms with Crippen LogP contribution in [-0.4, -0.2) is 47.9 Å². The standard InChI is InChI=1S/C17H23FN2O4S.ClH/c18-16-9-15(1-2-17(16)24-12-14-5-8-23-11-14)25(21,22)20-10-13-3-6-19-7-4-13;/h1-3,9,14,19-20H,4-8,10-12H2;1H. The van der Waals surface area contributed by atoms with Gasteiger partial charge >= 0.3 is 0 Å². The number of benzene rings is 1. The molecule has 0 spiro atoms. The number of ether oxygens (including phenoxy) is 2. The Hall–Kier alpha value is -1.19. The minimum Gasteiger partial charge on any atom is -0.490 e. The minimum atomic E-state index is -3.76. The fourth-order valence-electron chi connectivity index (χ4n) is 2.79. The van der Waals surface area contributed by atoms with Gasteiger partial charge in [0.05, 0.1) is 18.1 Å². The Labute approximate surface area is 159 Å². The quantitative estimate of drug-likeness (QED) is 0.676. The summed E-state index contributed by atoms with van der Waals surface area (Å²) in [6, 6.07) is 3.73. The number of hydrogen-bond acceptors (Lipinski definition) is 5. The van der Waals surface area contributed by atoms with Gasteiger partial charge in [0, 0.05) is 25.6 Å². The molecule has 26 heavy (non-hydrogen) atoms. The molecule has 0 aromatic heterocycles. The molecular formula is C17H24ClFN2O4S. The highest BCUT2D eigenvalue weighted by Crippen LogP contribution is 2.23. The second-order valence-corrected chi connectivity index (χ2v) is 8.04. The van der Waals surface area contributed by atoms with Crippen molar-refractivity contribution in [1.29, 1.82) is 0 Å². The second kappa shape index (κ2) is 9.66. The number of sulfonamides is 1. The molecule has 9 heteroatoms. The molecule has 2 heterocycles. The Kier molecular flexibility index (Phi) is 7.85. The number of halogens is 2. The molecule has 2 aliphatic rings. The highest BCUT2D eigenvalue weighted by atomic mass is 35.5. The first kappa shape index (κ1) is 21.1. The van der Waals surface area contributed by atoms with Gasteiger partial charge in [0.1, 0.15) is 0 Å². The van der Waals surface area contributed by atoms with Gasteiger partial charge in [0.2, 0.25) is 10.0 Å². The maximum absolute atomic E-state index is 14.2. The summed E-state index contributed by atoms with van der Waals surface area (Å²) < 4.78 is 52.1. The van der Waals surface area contributed by atoms with E-state index >= 15 is 0 Å². The average Bonchev–Trinajstić information content (AvgIpc) is 3.13. The van der Waals surface area contributed by atoms with Crippen LogP contribution in [0.5, 0.6) is 5.75 Å². The Morgan fingerprint density at radius 1 is 1.38 bits per heavy atom. The summed E-state index contributed by atoms with van der Waals surface area (Å²) in [5, 5.41) is 3.16. The summed E-state index contributed by atoms with van der Waals surface area (Å²) in [5.41, 5.74) is 1.03. The zero-order chi connectivity index (χ0) is 17.7. The number of nitrogens with one attached hydrogen (secondary N) is 2. The van der Waals surface area contributed by atoms with Gasteiger partial charge in [0.15, 0.2) is 11.6 Å². The molecule has 1 unspecified atom stereocenters. The van der Waals surface area contributed by atoms with Crippen molar-refractivity contribution < 1.29 is 22.3 Å². The molecule has 2 N–H and O–H groups in total. The van der Waals surface area contributed by atoms with Gasteiger partial charge < -0.3 is 14.8 Å². The lowest BCUT2D eigenvalue weighted by Crippen LogP contribution is -2.29. The molecule has 0 saturated carbocycles. The fourth-order valence-corrected chi connectivity index (χ4v) is 3.84. The van der Waals surface area contributed by atoms with E-state index in [9.17, 15) is 12.8 Å². The molecule has 3 rings (SSSR count). The van der Waals surface area contributed by atoms with Gasteiger partial charge in [-0.2, -0.15) is 0 Å². The van der Waals surface area contributed by atoms with Gasteiger partial charge in [0.25, 0.3) is 0 Å². The van der Waals surface area contributed by atoms with Crippen molar-refractivity contribution in [3.05, 3.63) is 35.7 Å². The normalized spacial score (nSPS) is 20.3. The molecule has 1 aromatic carbocycles. The van der Waals surface area contributed by atoms with Crippen LogP contribution in [0.3, 0.4) is 0 Å². The van der Waals surface area contributed by atoms with Crippen LogP contribution in [0.4, 0.5) is 4.39 Å². The summed E-state index contributed by atoms with van der Waals surface area (Å²) >= 11 is 0. The molecule has 0 bridgehead atoms. The van der Waals surface area contributed by atoms with Gasteiger partial charge in [-0.05, 0) is 37.6 Å². The van der Waals surface area contributed by atoms with Crippen LogP contribution in [0, 0.1) is 11.7 Å². The Morgan fingerprint density at radius 2 is 2.23 bits per heavy atom. The summed E-state index contributed by atoms with van der Waals surface area (Å²) in [6.45, 7) is 3.49. The molecule has 0 aliphatic carbocycles. The molecule has 146 valence electrons. The highest BCUT2D eigenvalue weighted by molar-refractivity contribution is 7.89. The van der Waals surface area contributed by atoms with Crippen LogP contribution in [0.1, 0.15) is 12.8 Å². The third-order valence-electron chi connectivity index (χ3n) is 4.36. The van der Waals surface area contributed by atoms with E-state index in [1.165, 1.54) is 12.1 Å². The lowest BCUT2D eigenvalue weighted by Gasteiger charge is -2.15. The first-order chi connectivity index (χ1) is 12.0. The van der Waals surface area contributed by atoms with Crippen molar-refractivity contribution in [2.24, 2.45) is 5.92 Å². The average molecular weight is 407 g/mol. The predicted molar refractivity (Wildman–Crippen MR) is 98.8 cm³/mol. The predicted octanol–water partition coefficient (Wildman–Crippen LogP) is 1.86. The molecule has 0 radical (unpaired) electrons. The van der Waals surface area contributed by atoms with Crippen LogP contribution in [0.15, 0.2) is 34.7 Å². The minimum absolute atomic E-state index is 0. The van der Waals surface area contributed by atoms with E-state index in [1.807, 2.05) is 6.08 Å². The molecule has 1 aromatic rings. The third-order valence-corrected chi connectivity index (χ3v) is 5.76. The zero-order valence-corrected chi connectivity index (χ0v) is 16.0. The largest absolute Gasteiger partial charge is 0.490 e. The van der Waals surface area contributed by atoms with Gasteiger partial charge in [-0.25, -0.2) is 17.5 Å². The summed E-state index contributed by atoms with van der Waals surface area (Å²) in [6.07, 6.45) is 3.66. The van der Waals surface area contributed by atoms with Crippen molar-refractivity contribution in [3.63, 3.8) is 0 Å². The van der Waals surface area contributed by atoms with Crippen molar-refractivity contribution in [1.82, 2.24) is 10.0 Å². The van der Waals surface area contributed by atoms with E-state index in [4.69, 9.17) is 9.47 Å². The van der Waals surface area contributed by atoms with Crippen LogP contribution < -0.4 is 14.8 Å². The topological polar surface area (TPSA) is 76.7 Å². The SMILES string of the molecule is Cl.O=S(=O)(NCC1=CCNCC1)c1ccc(OCC2CCOC2)c(F)c1. The Bertz CT molecular complexity index is 736. The lowest BCUT2D eigenvalue weighted by molar-refractivity contribution is 0.165. The summed E-state index contributed by atoms with van der Waals surface area (Å²) in [7, 11) is -3.76. The van der Waals surface area contributed by atoms with Crippen LogP contribution >= 0.6 is 12.4 Å². The molecular weight excluding hydrogens is 383 g/mol. The molecule has 1 saturated heterocycles. The van der Waals surface area contributed by atoms with Gasteiger partial charge in [-0.15, -0.1) is 12.4 Å². The summed E-state index contributed by atoms with van der Waals surface area (Å²) in [5.74, 6) is -0.363.